The first kappa shape index (κ1) is 17.3. The molecule has 2 rings (SSSR count). The highest BCUT2D eigenvalue weighted by Gasteiger charge is 2.09. The zero-order valence-electron chi connectivity index (χ0n) is 13.8. The highest BCUT2D eigenvalue weighted by molar-refractivity contribution is 6.01. The quantitative estimate of drug-likeness (QED) is 0.474. The van der Waals surface area contributed by atoms with Crippen LogP contribution in [0.5, 0.6) is 11.5 Å². The van der Waals surface area contributed by atoms with Crippen LogP contribution in [-0.4, -0.2) is 24.9 Å². The van der Waals surface area contributed by atoms with E-state index < -0.39 is 4.92 Å². The van der Waals surface area contributed by atoms with Gasteiger partial charge in [0.1, 0.15) is 0 Å². The molecule has 0 bridgehead atoms. The predicted octanol–water partition coefficient (Wildman–Crippen LogP) is 3.84. The van der Waals surface area contributed by atoms with Gasteiger partial charge in [0.05, 0.1) is 30.5 Å². The molecule has 1 N–H and O–H groups in total. The number of non-ortho nitro benzene ring substituents is 1. The zero-order valence-corrected chi connectivity index (χ0v) is 13.8. The van der Waals surface area contributed by atoms with Crippen molar-refractivity contribution >= 4 is 17.1 Å². The molecule has 2 aromatic carbocycles. The number of benzene rings is 2. The molecule has 2 aromatic rings. The molecule has 24 heavy (non-hydrogen) atoms. The van der Waals surface area contributed by atoms with E-state index in [1.807, 2.05) is 25.1 Å². The maximum absolute atomic E-state index is 10.8. The monoisotopic (exact) mass is 329 g/mol. The number of nitro groups is 1. The van der Waals surface area contributed by atoms with Crippen LogP contribution in [0, 0.1) is 10.1 Å². The van der Waals surface area contributed by atoms with Crippen molar-refractivity contribution in [3.05, 3.63) is 58.1 Å². The van der Waals surface area contributed by atoms with Crippen molar-refractivity contribution < 1.29 is 14.4 Å². The number of nitro benzene ring substituents is 1. The number of nitrogens with one attached hydrogen (secondary N) is 1. The highest BCUT2D eigenvalue weighted by Crippen LogP contribution is 2.28. The van der Waals surface area contributed by atoms with Crippen LogP contribution < -0.4 is 14.9 Å². The van der Waals surface area contributed by atoms with Crippen LogP contribution in [0.15, 0.2) is 47.6 Å². The van der Waals surface area contributed by atoms with Crippen LogP contribution in [-0.2, 0) is 0 Å². The molecule has 7 heteroatoms. The Balaban J connectivity index is 2.26. The Morgan fingerprint density at radius 3 is 2.54 bits per heavy atom. The number of ether oxygens (including phenoxy) is 2. The first-order valence-corrected chi connectivity index (χ1v) is 7.38. The number of hydrazone groups is 1. The number of nitrogens with zero attached hydrogens (tertiary/aromatic N) is 2. The van der Waals surface area contributed by atoms with Crippen LogP contribution in [0.1, 0.15) is 18.9 Å². The van der Waals surface area contributed by atoms with Gasteiger partial charge in [0.2, 0.25) is 0 Å². The number of rotatable bonds is 7. The summed E-state index contributed by atoms with van der Waals surface area (Å²) in [6.45, 7) is 1.98. The van der Waals surface area contributed by atoms with Crippen molar-refractivity contribution in [2.75, 3.05) is 19.6 Å². The SMILES string of the molecule is CC/C(=N\Nc1cccc([N+](=O)[O-])c1)c1ccc(OC)c(OC)c1. The molecule has 0 aliphatic heterocycles. The minimum absolute atomic E-state index is 0.0133. The molecule has 0 radical (unpaired) electrons. The summed E-state index contributed by atoms with van der Waals surface area (Å²) >= 11 is 0. The fourth-order valence-corrected chi connectivity index (χ4v) is 2.18. The minimum atomic E-state index is -0.441. The van der Waals surface area contributed by atoms with Gasteiger partial charge in [-0.2, -0.15) is 5.10 Å². The van der Waals surface area contributed by atoms with E-state index in [9.17, 15) is 10.1 Å². The summed E-state index contributed by atoms with van der Waals surface area (Å²) in [5.41, 5.74) is 5.11. The molecule has 126 valence electrons. The molecule has 0 aliphatic rings. The largest absolute Gasteiger partial charge is 0.493 e. The molecule has 0 saturated heterocycles. The summed E-state index contributed by atoms with van der Waals surface area (Å²) in [6.07, 6.45) is 0.678. The van der Waals surface area contributed by atoms with Crippen molar-refractivity contribution in [1.82, 2.24) is 0 Å². The van der Waals surface area contributed by atoms with E-state index in [0.29, 0.717) is 23.6 Å². The third-order valence-corrected chi connectivity index (χ3v) is 3.43. The van der Waals surface area contributed by atoms with Crippen molar-refractivity contribution in [3.63, 3.8) is 0 Å². The molecular formula is C17H19N3O4. The van der Waals surface area contributed by atoms with E-state index in [1.165, 1.54) is 12.1 Å². The van der Waals surface area contributed by atoms with E-state index in [1.54, 1.807) is 26.4 Å². The van der Waals surface area contributed by atoms with Crippen molar-refractivity contribution in [2.24, 2.45) is 5.10 Å². The summed E-state index contributed by atoms with van der Waals surface area (Å²) in [4.78, 5) is 10.4. The van der Waals surface area contributed by atoms with Crippen LogP contribution in [0.2, 0.25) is 0 Å². The predicted molar refractivity (Wildman–Crippen MR) is 93.1 cm³/mol. The fourth-order valence-electron chi connectivity index (χ4n) is 2.18. The lowest BCUT2D eigenvalue weighted by Crippen LogP contribution is -2.04. The number of hydrogen-bond acceptors (Lipinski definition) is 6. The molecule has 0 aromatic heterocycles. The molecular weight excluding hydrogens is 310 g/mol. The Kier molecular flexibility index (Phi) is 5.73. The molecule has 0 aliphatic carbocycles. The average Bonchev–Trinajstić information content (AvgIpc) is 2.62. The second-order valence-corrected chi connectivity index (χ2v) is 4.90. The number of methoxy groups -OCH3 is 2. The summed E-state index contributed by atoms with van der Waals surface area (Å²) in [5, 5.41) is 15.2. The third-order valence-electron chi connectivity index (χ3n) is 3.43. The van der Waals surface area contributed by atoms with Crippen LogP contribution >= 0.6 is 0 Å². The van der Waals surface area contributed by atoms with E-state index in [4.69, 9.17) is 9.47 Å². The number of hydrogen-bond donors (Lipinski definition) is 1. The maximum Gasteiger partial charge on any atom is 0.271 e. The maximum atomic E-state index is 10.8. The lowest BCUT2D eigenvalue weighted by molar-refractivity contribution is -0.384. The van der Waals surface area contributed by atoms with Gasteiger partial charge in [0, 0.05) is 17.7 Å². The normalized spacial score (nSPS) is 11.0. The fraction of sp³-hybridized carbons (Fsp3) is 0.235. The van der Waals surface area contributed by atoms with E-state index in [-0.39, 0.29) is 5.69 Å². The summed E-state index contributed by atoms with van der Waals surface area (Å²) in [6, 6.07) is 11.7. The Morgan fingerprint density at radius 2 is 1.92 bits per heavy atom. The Morgan fingerprint density at radius 1 is 1.17 bits per heavy atom. The van der Waals surface area contributed by atoms with Crippen molar-refractivity contribution in [3.8, 4) is 11.5 Å². The van der Waals surface area contributed by atoms with E-state index in [0.717, 1.165) is 11.3 Å². The number of anilines is 1. The minimum Gasteiger partial charge on any atom is -0.493 e. The molecule has 7 nitrogen and oxygen atoms in total. The van der Waals surface area contributed by atoms with Crippen LogP contribution in [0.25, 0.3) is 0 Å². The van der Waals surface area contributed by atoms with Gasteiger partial charge in [-0.25, -0.2) is 0 Å². The van der Waals surface area contributed by atoms with Gasteiger partial charge in [-0.15, -0.1) is 0 Å². The summed E-state index contributed by atoms with van der Waals surface area (Å²) < 4.78 is 10.5. The summed E-state index contributed by atoms with van der Waals surface area (Å²) in [7, 11) is 3.15. The molecule has 0 heterocycles. The first-order valence-electron chi connectivity index (χ1n) is 7.38. The van der Waals surface area contributed by atoms with Crippen LogP contribution in [0.3, 0.4) is 0 Å². The average molecular weight is 329 g/mol. The lowest BCUT2D eigenvalue weighted by atomic mass is 10.1. The van der Waals surface area contributed by atoms with Gasteiger partial charge in [-0.3, -0.25) is 15.5 Å². The molecule has 0 saturated carbocycles. The van der Waals surface area contributed by atoms with Gasteiger partial charge < -0.3 is 9.47 Å². The van der Waals surface area contributed by atoms with Gasteiger partial charge >= 0.3 is 0 Å². The van der Waals surface area contributed by atoms with E-state index >= 15 is 0 Å². The summed E-state index contributed by atoms with van der Waals surface area (Å²) in [5.74, 6) is 1.26. The standard InChI is InChI=1S/C17H19N3O4/c1-4-15(12-8-9-16(23-2)17(10-12)24-3)19-18-13-6-5-7-14(11-13)20(21)22/h5-11,18H,4H2,1-3H3/b19-15+. The Hall–Kier alpha value is -3.09. The second-order valence-electron chi connectivity index (χ2n) is 4.90. The molecule has 0 fully saturated rings. The highest BCUT2D eigenvalue weighted by atomic mass is 16.6. The molecule has 0 amide bonds. The Labute approximate surface area is 140 Å². The lowest BCUT2D eigenvalue weighted by Gasteiger charge is -2.11. The van der Waals surface area contributed by atoms with Gasteiger partial charge in [-0.1, -0.05) is 13.0 Å². The molecule has 0 spiro atoms. The molecule has 0 unspecified atom stereocenters. The Bertz CT molecular complexity index is 759. The van der Waals surface area contributed by atoms with Crippen molar-refractivity contribution in [2.45, 2.75) is 13.3 Å². The van der Waals surface area contributed by atoms with Crippen molar-refractivity contribution in [1.29, 1.82) is 0 Å². The van der Waals surface area contributed by atoms with Gasteiger partial charge in [-0.05, 0) is 30.7 Å². The van der Waals surface area contributed by atoms with E-state index in [2.05, 4.69) is 10.5 Å². The zero-order chi connectivity index (χ0) is 17.5. The smallest absolute Gasteiger partial charge is 0.271 e. The van der Waals surface area contributed by atoms with Gasteiger partial charge in [0.25, 0.3) is 5.69 Å². The molecule has 0 atom stereocenters. The van der Waals surface area contributed by atoms with Crippen LogP contribution in [0.4, 0.5) is 11.4 Å². The second kappa shape index (κ2) is 7.96. The topological polar surface area (TPSA) is 86.0 Å². The first-order chi connectivity index (χ1) is 11.6. The third kappa shape index (κ3) is 4.01. The van der Waals surface area contributed by atoms with Gasteiger partial charge in [0.15, 0.2) is 11.5 Å².